The minimum Gasteiger partial charge on any atom is -0.497 e. The molecule has 1 aliphatic heterocycles. The lowest BCUT2D eigenvalue weighted by Gasteiger charge is -2.34. The lowest BCUT2D eigenvalue weighted by molar-refractivity contribution is 0.00990. The van der Waals surface area contributed by atoms with E-state index in [-0.39, 0.29) is 24.0 Å². The van der Waals surface area contributed by atoms with E-state index < -0.39 is 0 Å². The molecule has 0 saturated carbocycles. The van der Waals surface area contributed by atoms with Crippen LogP contribution in [0.25, 0.3) is 0 Å². The maximum Gasteiger partial charge on any atom is 0.193 e. The normalized spacial score (nSPS) is 14.9. The lowest BCUT2D eigenvalue weighted by atomic mass is 10.1. The number of hydrogen-bond acceptors (Lipinski definition) is 5. The Morgan fingerprint density at radius 3 is 2.37 bits per heavy atom. The quantitative estimate of drug-likeness (QED) is 0.191. The van der Waals surface area contributed by atoms with Crippen LogP contribution in [0.15, 0.2) is 29.3 Å². The molecule has 0 spiro atoms. The number of likely N-dealkylation sites (tertiary alicyclic amines) is 1. The highest BCUT2D eigenvalue weighted by Gasteiger charge is 2.21. The smallest absolute Gasteiger partial charge is 0.193 e. The number of rotatable bonds is 12. The first kappa shape index (κ1) is 26.8. The third-order valence-electron chi connectivity index (χ3n) is 4.81. The van der Waals surface area contributed by atoms with Gasteiger partial charge < -0.3 is 29.2 Å². The second-order valence-electron chi connectivity index (χ2n) is 7.02. The molecule has 0 amide bonds. The van der Waals surface area contributed by atoms with E-state index in [2.05, 4.69) is 17.1 Å². The van der Waals surface area contributed by atoms with Crippen LogP contribution in [0.5, 0.6) is 11.5 Å². The molecule has 172 valence electrons. The first-order chi connectivity index (χ1) is 14.3. The van der Waals surface area contributed by atoms with Crippen LogP contribution < -0.4 is 14.8 Å². The summed E-state index contributed by atoms with van der Waals surface area (Å²) in [5.41, 5.74) is 0. The molecule has 0 aromatic heterocycles. The molecule has 1 aromatic carbocycles. The highest BCUT2D eigenvalue weighted by molar-refractivity contribution is 14.0. The fraction of sp³-hybridized carbons (Fsp3) is 0.682. The Kier molecular flexibility index (Phi) is 14.7. The van der Waals surface area contributed by atoms with E-state index in [9.17, 15) is 0 Å². The van der Waals surface area contributed by atoms with Crippen LogP contribution >= 0.6 is 24.0 Å². The number of halogens is 1. The molecule has 1 aromatic rings. The molecule has 1 saturated heterocycles. The lowest BCUT2D eigenvalue weighted by Crippen LogP contribution is -2.47. The molecule has 8 heteroatoms. The van der Waals surface area contributed by atoms with Gasteiger partial charge in [-0.25, -0.2) is 0 Å². The molecule has 1 N–H and O–H groups in total. The van der Waals surface area contributed by atoms with E-state index in [1.54, 1.807) is 14.2 Å². The van der Waals surface area contributed by atoms with Gasteiger partial charge in [-0.2, -0.15) is 0 Å². The third kappa shape index (κ3) is 10.2. The van der Waals surface area contributed by atoms with Crippen molar-refractivity contribution >= 4 is 29.9 Å². The number of methoxy groups -OCH3 is 2. The summed E-state index contributed by atoms with van der Waals surface area (Å²) in [6, 6.07) is 7.66. The van der Waals surface area contributed by atoms with Gasteiger partial charge in [-0.05, 0) is 50.5 Å². The Morgan fingerprint density at radius 2 is 1.73 bits per heavy atom. The van der Waals surface area contributed by atoms with Gasteiger partial charge in [0, 0.05) is 52.9 Å². The summed E-state index contributed by atoms with van der Waals surface area (Å²) in [7, 11) is 3.39. The van der Waals surface area contributed by atoms with Gasteiger partial charge in [-0.15, -0.1) is 24.0 Å². The number of ether oxygens (including phenoxy) is 4. The fourth-order valence-corrected chi connectivity index (χ4v) is 3.22. The summed E-state index contributed by atoms with van der Waals surface area (Å²) in [5, 5.41) is 3.41. The van der Waals surface area contributed by atoms with E-state index in [0.717, 1.165) is 82.5 Å². The summed E-state index contributed by atoms with van der Waals surface area (Å²) in [6.45, 7) is 7.85. The number of piperidine rings is 1. The number of hydrogen-bond donors (Lipinski definition) is 1. The predicted octanol–water partition coefficient (Wildman–Crippen LogP) is 3.57. The standard InChI is InChI=1S/C22H37N3O4.HI/c1-4-23-22(25-14-11-21(12-15-25)29-18-6-16-26-2)24-13-5-17-28-20-9-7-19(27-3)8-10-20;/h7-10,21H,4-6,11-18H2,1-3H3,(H,23,24);1H. The van der Waals surface area contributed by atoms with Crippen molar-refractivity contribution < 1.29 is 18.9 Å². The maximum absolute atomic E-state index is 5.95. The third-order valence-corrected chi connectivity index (χ3v) is 4.81. The zero-order chi connectivity index (χ0) is 20.7. The largest absolute Gasteiger partial charge is 0.497 e. The van der Waals surface area contributed by atoms with E-state index in [1.165, 1.54) is 0 Å². The van der Waals surface area contributed by atoms with Crippen LogP contribution in [0, 0.1) is 0 Å². The molecule has 7 nitrogen and oxygen atoms in total. The maximum atomic E-state index is 5.95. The summed E-state index contributed by atoms with van der Waals surface area (Å²) < 4.78 is 22.0. The Hall–Kier alpha value is -1.26. The molecule has 0 unspecified atom stereocenters. The first-order valence-electron chi connectivity index (χ1n) is 10.7. The van der Waals surface area contributed by atoms with Gasteiger partial charge in [-0.3, -0.25) is 4.99 Å². The monoisotopic (exact) mass is 535 g/mol. The SMILES string of the molecule is CCNC(=NCCCOc1ccc(OC)cc1)N1CCC(OCCCOC)CC1.I. The Morgan fingerprint density at radius 1 is 1.03 bits per heavy atom. The van der Waals surface area contributed by atoms with Gasteiger partial charge in [0.2, 0.25) is 0 Å². The van der Waals surface area contributed by atoms with Crippen LogP contribution in [0.3, 0.4) is 0 Å². The predicted molar refractivity (Wildman–Crippen MR) is 132 cm³/mol. The van der Waals surface area contributed by atoms with Crippen LogP contribution in [-0.2, 0) is 9.47 Å². The number of benzene rings is 1. The second kappa shape index (κ2) is 16.4. The molecular weight excluding hydrogens is 497 g/mol. The number of guanidine groups is 1. The van der Waals surface area contributed by atoms with Crippen molar-refractivity contribution in [3.63, 3.8) is 0 Å². The molecule has 1 fully saturated rings. The van der Waals surface area contributed by atoms with Gasteiger partial charge in [0.25, 0.3) is 0 Å². The van der Waals surface area contributed by atoms with Crippen molar-refractivity contribution in [3.8, 4) is 11.5 Å². The molecule has 0 atom stereocenters. The molecule has 0 radical (unpaired) electrons. The summed E-state index contributed by atoms with van der Waals surface area (Å²) in [6.07, 6.45) is 4.26. The second-order valence-corrected chi connectivity index (χ2v) is 7.02. The first-order valence-corrected chi connectivity index (χ1v) is 10.7. The minimum atomic E-state index is 0. The molecule has 1 aliphatic rings. The molecular formula is C22H38IN3O4. The average Bonchev–Trinajstić information content (AvgIpc) is 2.77. The van der Waals surface area contributed by atoms with E-state index in [0.29, 0.717) is 12.7 Å². The van der Waals surface area contributed by atoms with Gasteiger partial charge in [0.05, 0.1) is 19.8 Å². The van der Waals surface area contributed by atoms with Crippen molar-refractivity contribution in [3.05, 3.63) is 24.3 Å². The topological polar surface area (TPSA) is 64.6 Å². The van der Waals surface area contributed by atoms with Crippen molar-refractivity contribution in [1.29, 1.82) is 0 Å². The zero-order valence-corrected chi connectivity index (χ0v) is 20.9. The van der Waals surface area contributed by atoms with E-state index in [1.807, 2.05) is 24.3 Å². The van der Waals surface area contributed by atoms with Crippen LogP contribution in [-0.4, -0.2) is 77.2 Å². The summed E-state index contributed by atoms with van der Waals surface area (Å²) in [4.78, 5) is 7.12. The fourth-order valence-electron chi connectivity index (χ4n) is 3.22. The van der Waals surface area contributed by atoms with Crippen LogP contribution in [0.1, 0.15) is 32.6 Å². The van der Waals surface area contributed by atoms with Crippen molar-refractivity contribution in [2.45, 2.75) is 38.7 Å². The van der Waals surface area contributed by atoms with Gasteiger partial charge in [-0.1, -0.05) is 0 Å². The van der Waals surface area contributed by atoms with Gasteiger partial charge in [0.15, 0.2) is 5.96 Å². The molecule has 30 heavy (non-hydrogen) atoms. The minimum absolute atomic E-state index is 0. The molecule has 1 heterocycles. The highest BCUT2D eigenvalue weighted by Crippen LogP contribution is 2.17. The Balaban J connectivity index is 0.00000450. The zero-order valence-electron chi connectivity index (χ0n) is 18.6. The van der Waals surface area contributed by atoms with Gasteiger partial charge in [0.1, 0.15) is 11.5 Å². The van der Waals surface area contributed by atoms with Crippen molar-refractivity contribution in [1.82, 2.24) is 10.2 Å². The van der Waals surface area contributed by atoms with E-state index >= 15 is 0 Å². The number of nitrogens with one attached hydrogen (secondary N) is 1. The van der Waals surface area contributed by atoms with Crippen LogP contribution in [0.2, 0.25) is 0 Å². The van der Waals surface area contributed by atoms with E-state index in [4.69, 9.17) is 23.9 Å². The average molecular weight is 535 g/mol. The molecule has 0 aliphatic carbocycles. The van der Waals surface area contributed by atoms with Crippen molar-refractivity contribution in [2.75, 3.05) is 60.2 Å². The Labute approximate surface area is 198 Å². The van der Waals surface area contributed by atoms with Gasteiger partial charge >= 0.3 is 0 Å². The Bertz CT molecular complexity index is 578. The summed E-state index contributed by atoms with van der Waals surface area (Å²) in [5.74, 6) is 2.69. The molecule has 0 bridgehead atoms. The van der Waals surface area contributed by atoms with Crippen molar-refractivity contribution in [2.24, 2.45) is 4.99 Å². The summed E-state index contributed by atoms with van der Waals surface area (Å²) >= 11 is 0. The van der Waals surface area contributed by atoms with Crippen LogP contribution in [0.4, 0.5) is 0 Å². The number of aliphatic imine (C=N–C) groups is 1. The highest BCUT2D eigenvalue weighted by atomic mass is 127. The number of nitrogens with zero attached hydrogens (tertiary/aromatic N) is 2. The molecule has 2 rings (SSSR count).